The van der Waals surface area contributed by atoms with Gasteiger partial charge in [0.05, 0.1) is 0 Å². The molecule has 4 nitrogen and oxygen atoms in total. The number of rotatable bonds is 2. The van der Waals surface area contributed by atoms with Gasteiger partial charge in [-0.1, -0.05) is 13.8 Å². The maximum atomic E-state index is 11.0. The van der Waals surface area contributed by atoms with E-state index in [1.165, 1.54) is 0 Å². The molecule has 1 aliphatic rings. The first-order chi connectivity index (χ1) is 5.89. The summed E-state index contributed by atoms with van der Waals surface area (Å²) in [6.07, 6.45) is 0.543. The summed E-state index contributed by atoms with van der Waals surface area (Å²) in [7, 11) is 1.93. The molecule has 0 aliphatic carbocycles. The first-order valence-electron chi connectivity index (χ1n) is 4.62. The van der Waals surface area contributed by atoms with E-state index in [1.54, 1.807) is 0 Å². The van der Waals surface area contributed by atoms with Gasteiger partial charge in [0, 0.05) is 12.6 Å². The molecule has 3 N–H and O–H groups in total. The van der Waals surface area contributed by atoms with Gasteiger partial charge >= 0.3 is 5.97 Å². The van der Waals surface area contributed by atoms with E-state index in [2.05, 4.69) is 0 Å². The average molecular weight is 186 g/mol. The first kappa shape index (κ1) is 10.5. The molecule has 1 saturated heterocycles. The SMILES string of the molecule is CC(C)C1N(C)CCC1(N)C(=O)O. The van der Waals surface area contributed by atoms with Gasteiger partial charge in [0.1, 0.15) is 5.54 Å². The number of aliphatic carboxylic acids is 1. The number of carboxylic acid groups (broad SMARTS) is 1. The average Bonchev–Trinajstić information content (AvgIpc) is 2.28. The molecule has 1 rings (SSSR count). The number of likely N-dealkylation sites (tertiary alicyclic amines) is 1. The standard InChI is InChI=1S/C9H18N2O2/c1-6(2)7-9(10,8(12)13)4-5-11(7)3/h6-7H,4-5,10H2,1-3H3,(H,12,13). The summed E-state index contributed by atoms with van der Waals surface area (Å²) in [6, 6.07) is -0.0509. The Morgan fingerprint density at radius 3 is 2.54 bits per heavy atom. The fourth-order valence-electron chi connectivity index (χ4n) is 2.38. The number of carboxylic acids is 1. The Bertz CT molecular complexity index is 218. The normalized spacial score (nSPS) is 35.6. The second-order valence-electron chi connectivity index (χ2n) is 4.26. The van der Waals surface area contributed by atoms with E-state index in [0.717, 1.165) is 6.54 Å². The summed E-state index contributed by atoms with van der Waals surface area (Å²) in [5, 5.41) is 9.06. The highest BCUT2D eigenvalue weighted by atomic mass is 16.4. The molecule has 0 saturated carbocycles. The molecule has 76 valence electrons. The minimum Gasteiger partial charge on any atom is -0.480 e. The van der Waals surface area contributed by atoms with E-state index < -0.39 is 11.5 Å². The van der Waals surface area contributed by atoms with Gasteiger partial charge in [0.25, 0.3) is 0 Å². The van der Waals surface area contributed by atoms with Crippen LogP contribution in [0.5, 0.6) is 0 Å². The monoisotopic (exact) mass is 186 g/mol. The van der Waals surface area contributed by atoms with E-state index in [4.69, 9.17) is 10.8 Å². The van der Waals surface area contributed by atoms with Crippen LogP contribution < -0.4 is 5.73 Å². The Labute approximate surface area is 78.7 Å². The molecule has 0 bridgehead atoms. The lowest BCUT2D eigenvalue weighted by Gasteiger charge is -2.33. The number of nitrogens with zero attached hydrogens (tertiary/aromatic N) is 1. The van der Waals surface area contributed by atoms with Gasteiger partial charge in [0.15, 0.2) is 0 Å². The fourth-order valence-corrected chi connectivity index (χ4v) is 2.38. The summed E-state index contributed by atoms with van der Waals surface area (Å²) in [6.45, 7) is 4.79. The lowest BCUT2D eigenvalue weighted by Crippen LogP contribution is -2.58. The molecule has 13 heavy (non-hydrogen) atoms. The number of likely N-dealkylation sites (N-methyl/N-ethyl adjacent to an activating group) is 1. The molecular formula is C9H18N2O2. The molecular weight excluding hydrogens is 168 g/mol. The molecule has 2 atom stereocenters. The van der Waals surface area contributed by atoms with Crippen molar-refractivity contribution in [3.05, 3.63) is 0 Å². The predicted molar refractivity (Wildman–Crippen MR) is 50.4 cm³/mol. The molecule has 1 aliphatic heterocycles. The Kier molecular flexibility index (Phi) is 2.63. The Hall–Kier alpha value is -0.610. The van der Waals surface area contributed by atoms with Crippen molar-refractivity contribution < 1.29 is 9.90 Å². The van der Waals surface area contributed by atoms with E-state index >= 15 is 0 Å². The van der Waals surface area contributed by atoms with Crippen molar-refractivity contribution in [3.8, 4) is 0 Å². The summed E-state index contributed by atoms with van der Waals surface area (Å²) in [5.41, 5.74) is 4.84. The van der Waals surface area contributed by atoms with Crippen LogP contribution in [0, 0.1) is 5.92 Å². The highest BCUT2D eigenvalue weighted by Crippen LogP contribution is 2.30. The molecule has 0 spiro atoms. The first-order valence-corrected chi connectivity index (χ1v) is 4.62. The fraction of sp³-hybridized carbons (Fsp3) is 0.889. The number of carbonyl (C=O) groups is 1. The van der Waals surface area contributed by atoms with Crippen molar-refractivity contribution in [1.82, 2.24) is 4.90 Å². The number of hydrogen-bond donors (Lipinski definition) is 2. The van der Waals surface area contributed by atoms with Crippen molar-refractivity contribution >= 4 is 5.97 Å². The summed E-state index contributed by atoms with van der Waals surface area (Å²) >= 11 is 0. The predicted octanol–water partition coefficient (Wildman–Crippen LogP) is 0.129. The van der Waals surface area contributed by atoms with Crippen molar-refractivity contribution in [3.63, 3.8) is 0 Å². The lowest BCUT2D eigenvalue weighted by molar-refractivity contribution is -0.144. The van der Waals surface area contributed by atoms with E-state index in [1.807, 2.05) is 25.8 Å². The Morgan fingerprint density at radius 1 is 1.69 bits per heavy atom. The van der Waals surface area contributed by atoms with Crippen LogP contribution in [0.1, 0.15) is 20.3 Å². The number of nitrogens with two attached hydrogens (primary N) is 1. The van der Waals surface area contributed by atoms with Gasteiger partial charge < -0.3 is 15.7 Å². The van der Waals surface area contributed by atoms with Crippen LogP contribution in [0.2, 0.25) is 0 Å². The quantitative estimate of drug-likeness (QED) is 0.643. The zero-order valence-electron chi connectivity index (χ0n) is 8.45. The molecule has 0 amide bonds. The van der Waals surface area contributed by atoms with Crippen LogP contribution >= 0.6 is 0 Å². The molecule has 2 unspecified atom stereocenters. The van der Waals surface area contributed by atoms with Crippen molar-refractivity contribution in [2.75, 3.05) is 13.6 Å². The molecule has 4 heteroatoms. The van der Waals surface area contributed by atoms with Crippen LogP contribution in [-0.2, 0) is 4.79 Å². The number of hydrogen-bond acceptors (Lipinski definition) is 3. The third kappa shape index (κ3) is 1.56. The topological polar surface area (TPSA) is 66.6 Å². The highest BCUT2D eigenvalue weighted by molar-refractivity contribution is 5.80. The highest BCUT2D eigenvalue weighted by Gasteiger charge is 2.50. The van der Waals surface area contributed by atoms with E-state index in [-0.39, 0.29) is 12.0 Å². The minimum absolute atomic E-state index is 0.0509. The molecule has 1 heterocycles. The summed E-state index contributed by atoms with van der Waals surface area (Å²) in [5.74, 6) is -0.607. The molecule has 0 radical (unpaired) electrons. The van der Waals surface area contributed by atoms with Gasteiger partial charge in [-0.25, -0.2) is 0 Å². The maximum absolute atomic E-state index is 11.0. The van der Waals surface area contributed by atoms with Gasteiger partial charge in [-0.3, -0.25) is 4.79 Å². The van der Waals surface area contributed by atoms with E-state index in [0.29, 0.717) is 6.42 Å². The van der Waals surface area contributed by atoms with Gasteiger partial charge in [-0.15, -0.1) is 0 Å². The van der Waals surface area contributed by atoms with Crippen molar-refractivity contribution in [2.45, 2.75) is 31.8 Å². The largest absolute Gasteiger partial charge is 0.480 e. The molecule has 0 aromatic heterocycles. The third-order valence-corrected chi connectivity index (χ3v) is 2.91. The Morgan fingerprint density at radius 2 is 2.23 bits per heavy atom. The van der Waals surface area contributed by atoms with Gasteiger partial charge in [-0.2, -0.15) is 0 Å². The third-order valence-electron chi connectivity index (χ3n) is 2.91. The van der Waals surface area contributed by atoms with Gasteiger partial charge in [0.2, 0.25) is 0 Å². The van der Waals surface area contributed by atoms with Crippen LogP contribution in [0.25, 0.3) is 0 Å². The second kappa shape index (κ2) is 3.27. The summed E-state index contributed by atoms with van der Waals surface area (Å²) in [4.78, 5) is 13.1. The van der Waals surface area contributed by atoms with Crippen molar-refractivity contribution in [1.29, 1.82) is 0 Å². The summed E-state index contributed by atoms with van der Waals surface area (Å²) < 4.78 is 0. The molecule has 0 aromatic carbocycles. The molecule has 0 aromatic rings. The Balaban J connectivity index is 2.92. The zero-order valence-corrected chi connectivity index (χ0v) is 8.45. The van der Waals surface area contributed by atoms with Crippen LogP contribution in [-0.4, -0.2) is 41.1 Å². The minimum atomic E-state index is -1.05. The van der Waals surface area contributed by atoms with Gasteiger partial charge in [-0.05, 0) is 19.4 Å². The second-order valence-corrected chi connectivity index (χ2v) is 4.26. The van der Waals surface area contributed by atoms with E-state index in [9.17, 15) is 4.79 Å². The van der Waals surface area contributed by atoms with Crippen molar-refractivity contribution in [2.24, 2.45) is 11.7 Å². The zero-order chi connectivity index (χ0) is 10.2. The van der Waals surface area contributed by atoms with Crippen LogP contribution in [0.4, 0.5) is 0 Å². The van der Waals surface area contributed by atoms with Crippen LogP contribution in [0.3, 0.4) is 0 Å². The lowest BCUT2D eigenvalue weighted by atomic mass is 9.84. The molecule has 1 fully saturated rings. The maximum Gasteiger partial charge on any atom is 0.325 e. The smallest absolute Gasteiger partial charge is 0.325 e. The van der Waals surface area contributed by atoms with Crippen LogP contribution in [0.15, 0.2) is 0 Å².